The number of halogens is 1. The fraction of sp³-hybridized carbons (Fsp3) is 0.188. The van der Waals surface area contributed by atoms with Gasteiger partial charge in [-0.25, -0.2) is 0 Å². The molecule has 0 aliphatic heterocycles. The van der Waals surface area contributed by atoms with Crippen LogP contribution in [-0.2, 0) is 16.1 Å². The lowest BCUT2D eigenvalue weighted by atomic mass is 10.2. The molecule has 1 heterocycles. The zero-order valence-corrected chi connectivity index (χ0v) is 13.7. The first-order valence-electron chi connectivity index (χ1n) is 6.59. The normalized spacial score (nSPS) is 11.6. The zero-order valence-electron chi connectivity index (χ0n) is 12.2. The Bertz CT molecular complexity index is 753. The topological polar surface area (TPSA) is 82.8 Å². The molecule has 2 rings (SSSR count). The van der Waals surface area contributed by atoms with Gasteiger partial charge in [-0.15, -0.1) is 0 Å². The molecule has 1 atom stereocenters. The molecule has 0 amide bonds. The molecule has 23 heavy (non-hydrogen) atoms. The summed E-state index contributed by atoms with van der Waals surface area (Å²) in [6, 6.07) is 10.3. The van der Waals surface area contributed by atoms with Gasteiger partial charge in [0, 0.05) is 6.07 Å². The highest BCUT2D eigenvalue weighted by Gasteiger charge is 2.31. The van der Waals surface area contributed by atoms with Gasteiger partial charge in [0.1, 0.15) is 6.61 Å². The summed E-state index contributed by atoms with van der Waals surface area (Å²) in [7, 11) is 1.15. The van der Waals surface area contributed by atoms with E-state index in [-0.39, 0.29) is 18.1 Å². The van der Waals surface area contributed by atoms with Gasteiger partial charge in [0.15, 0.2) is 4.83 Å². The molecule has 6 nitrogen and oxygen atoms in total. The third-order valence-electron chi connectivity index (χ3n) is 2.92. The average molecular weight is 381 g/mol. The van der Waals surface area contributed by atoms with Crippen molar-refractivity contribution in [2.24, 2.45) is 0 Å². The van der Waals surface area contributed by atoms with Crippen LogP contribution in [0.3, 0.4) is 0 Å². The summed E-state index contributed by atoms with van der Waals surface area (Å²) in [5.74, 6) is -2.12. The van der Waals surface area contributed by atoms with Crippen molar-refractivity contribution in [1.29, 1.82) is 0 Å². The first-order chi connectivity index (χ1) is 11.0. The molecule has 0 radical (unpaired) electrons. The van der Waals surface area contributed by atoms with Crippen molar-refractivity contribution in [3.8, 4) is 5.75 Å². The number of hydrogen-bond acceptors (Lipinski definition) is 6. The van der Waals surface area contributed by atoms with E-state index in [1.807, 2.05) is 30.3 Å². The minimum atomic E-state index is -1.28. The van der Waals surface area contributed by atoms with Crippen LogP contribution in [0.5, 0.6) is 5.75 Å². The number of carbonyl (C=O) groups is 2. The fourth-order valence-corrected chi connectivity index (χ4v) is 2.16. The van der Waals surface area contributed by atoms with E-state index in [0.717, 1.165) is 25.0 Å². The van der Waals surface area contributed by atoms with Crippen molar-refractivity contribution in [1.82, 2.24) is 0 Å². The molecule has 2 aromatic rings. The third-order valence-corrected chi connectivity index (χ3v) is 3.71. The molecule has 1 aromatic carbocycles. The predicted molar refractivity (Wildman–Crippen MR) is 84.8 cm³/mol. The molecule has 0 bridgehead atoms. The Balaban J connectivity index is 2.27. The van der Waals surface area contributed by atoms with E-state index in [2.05, 4.69) is 20.7 Å². The molecule has 0 fully saturated rings. The van der Waals surface area contributed by atoms with Crippen molar-refractivity contribution in [3.63, 3.8) is 0 Å². The summed E-state index contributed by atoms with van der Waals surface area (Å²) in [4.78, 5) is 34.4. The first kappa shape index (κ1) is 17.0. The number of ether oxygens (including phenoxy) is 2. The third kappa shape index (κ3) is 4.07. The first-order valence-corrected chi connectivity index (χ1v) is 7.50. The van der Waals surface area contributed by atoms with Gasteiger partial charge in [-0.05, 0) is 5.56 Å². The van der Waals surface area contributed by atoms with Crippen LogP contribution in [0.25, 0.3) is 0 Å². The highest BCUT2D eigenvalue weighted by atomic mass is 79.9. The number of esters is 1. The van der Waals surface area contributed by atoms with Crippen molar-refractivity contribution < 1.29 is 23.5 Å². The van der Waals surface area contributed by atoms with Gasteiger partial charge in [-0.3, -0.25) is 14.4 Å². The van der Waals surface area contributed by atoms with E-state index in [1.165, 1.54) is 0 Å². The van der Waals surface area contributed by atoms with Crippen LogP contribution in [-0.4, -0.2) is 23.7 Å². The fourth-order valence-electron chi connectivity index (χ4n) is 1.77. The Morgan fingerprint density at radius 2 is 1.91 bits per heavy atom. The number of ketones is 1. The Hall–Kier alpha value is -2.41. The van der Waals surface area contributed by atoms with E-state index in [9.17, 15) is 14.4 Å². The highest BCUT2D eigenvalue weighted by Crippen LogP contribution is 2.20. The molecule has 0 spiro atoms. The van der Waals surface area contributed by atoms with E-state index in [4.69, 9.17) is 9.15 Å². The Morgan fingerprint density at radius 1 is 1.22 bits per heavy atom. The smallest absolute Gasteiger partial charge is 0.327 e. The van der Waals surface area contributed by atoms with Crippen LogP contribution in [0, 0.1) is 0 Å². The van der Waals surface area contributed by atoms with E-state index < -0.39 is 22.0 Å². The second-order valence-corrected chi connectivity index (χ2v) is 5.38. The maximum atomic E-state index is 12.3. The largest absolute Gasteiger partial charge is 0.481 e. The molecule has 0 N–H and O–H groups in total. The molecule has 120 valence electrons. The molecule has 1 aromatic heterocycles. The van der Waals surface area contributed by atoms with Gasteiger partial charge in [0.2, 0.25) is 22.7 Å². The number of carbonyl (C=O) groups excluding carboxylic acids is 2. The van der Waals surface area contributed by atoms with E-state index in [1.54, 1.807) is 0 Å². The number of methoxy groups -OCH3 is 1. The van der Waals surface area contributed by atoms with Crippen LogP contribution < -0.4 is 10.2 Å². The summed E-state index contributed by atoms with van der Waals surface area (Å²) < 4.78 is 15.0. The quantitative estimate of drug-likeness (QED) is 0.331. The maximum absolute atomic E-state index is 12.3. The minimum absolute atomic E-state index is 0.0844. The van der Waals surface area contributed by atoms with Crippen LogP contribution in [0.15, 0.2) is 51.9 Å². The van der Waals surface area contributed by atoms with Crippen molar-refractivity contribution >= 4 is 27.7 Å². The molecule has 0 saturated carbocycles. The lowest BCUT2D eigenvalue weighted by molar-refractivity contribution is -0.138. The second kappa shape index (κ2) is 7.73. The molecule has 0 aliphatic rings. The number of Topliss-reactive ketones (excluding diaryl/α,β-unsaturated/α-hetero) is 1. The maximum Gasteiger partial charge on any atom is 0.327 e. The van der Waals surface area contributed by atoms with Gasteiger partial charge in [-0.2, -0.15) is 0 Å². The van der Waals surface area contributed by atoms with Crippen LogP contribution >= 0.6 is 15.9 Å². The summed E-state index contributed by atoms with van der Waals surface area (Å²) in [5, 5.41) is 0. The molecular weight excluding hydrogens is 368 g/mol. The summed E-state index contributed by atoms with van der Waals surface area (Å²) in [5.41, 5.74) is 0.303. The van der Waals surface area contributed by atoms with Crippen molar-refractivity contribution in [3.05, 3.63) is 64.2 Å². The van der Waals surface area contributed by atoms with Gasteiger partial charge in [-0.1, -0.05) is 46.3 Å². The predicted octanol–water partition coefficient (Wildman–Crippen LogP) is 2.34. The lowest BCUT2D eigenvalue weighted by Crippen LogP contribution is -2.27. The Labute approximate surface area is 140 Å². The Morgan fingerprint density at radius 3 is 2.57 bits per heavy atom. The Kier molecular flexibility index (Phi) is 5.70. The van der Waals surface area contributed by atoms with Gasteiger partial charge in [0.05, 0.1) is 13.4 Å². The van der Waals surface area contributed by atoms with E-state index in [0.29, 0.717) is 0 Å². The molecule has 1 unspecified atom stereocenters. The van der Waals surface area contributed by atoms with Crippen LogP contribution in [0.1, 0.15) is 16.1 Å². The zero-order chi connectivity index (χ0) is 16.8. The summed E-state index contributed by atoms with van der Waals surface area (Å²) in [6.07, 6.45) is 1.07. The monoisotopic (exact) mass is 380 g/mol. The number of hydrogen-bond donors (Lipinski definition) is 0. The molecule has 0 aliphatic carbocycles. The average Bonchev–Trinajstić information content (AvgIpc) is 2.59. The van der Waals surface area contributed by atoms with Gasteiger partial charge in [0.25, 0.3) is 0 Å². The van der Waals surface area contributed by atoms with Crippen molar-refractivity contribution in [2.45, 2.75) is 11.4 Å². The summed E-state index contributed by atoms with van der Waals surface area (Å²) >= 11 is 2.92. The SMILES string of the molecule is COC(=O)C(Br)C(=O)c1occc(=O)c1OCc1ccccc1. The highest BCUT2D eigenvalue weighted by molar-refractivity contribution is 9.10. The molecular formula is C16H13BrO6. The van der Waals surface area contributed by atoms with Gasteiger partial charge >= 0.3 is 5.97 Å². The standard InChI is InChI=1S/C16H13BrO6/c1-21-16(20)12(17)13(19)15-14(11(18)7-8-22-15)23-9-10-5-3-2-4-6-10/h2-8,12H,9H2,1H3. The van der Waals surface area contributed by atoms with Crippen molar-refractivity contribution in [2.75, 3.05) is 7.11 Å². The van der Waals surface area contributed by atoms with Crippen LogP contribution in [0.4, 0.5) is 0 Å². The van der Waals surface area contributed by atoms with E-state index >= 15 is 0 Å². The lowest BCUT2D eigenvalue weighted by Gasteiger charge is -2.10. The molecule has 0 saturated heterocycles. The number of rotatable bonds is 6. The van der Waals surface area contributed by atoms with Gasteiger partial charge < -0.3 is 13.9 Å². The summed E-state index contributed by atoms with van der Waals surface area (Å²) in [6.45, 7) is 0.0844. The van der Waals surface area contributed by atoms with Crippen LogP contribution in [0.2, 0.25) is 0 Å². The molecule has 7 heteroatoms. The number of benzene rings is 1. The second-order valence-electron chi connectivity index (χ2n) is 4.47. The number of alkyl halides is 1. The minimum Gasteiger partial charge on any atom is -0.481 e.